The van der Waals surface area contributed by atoms with E-state index in [2.05, 4.69) is 0 Å². The van der Waals surface area contributed by atoms with Crippen molar-refractivity contribution in [1.82, 2.24) is 4.57 Å². The minimum Gasteiger partial charge on any atom is -0.408 e. The molecule has 0 radical (unpaired) electrons. The van der Waals surface area contributed by atoms with Crippen LogP contribution in [0.15, 0.2) is 27.4 Å². The number of fused-ring (bicyclic) bond motifs is 1. The van der Waals surface area contributed by atoms with E-state index in [-0.39, 0.29) is 11.8 Å². The predicted molar refractivity (Wildman–Crippen MR) is 68.0 cm³/mol. The monoisotopic (exact) mass is 234 g/mol. The number of aryl methyl sites for hydroxylation is 1. The van der Waals surface area contributed by atoms with Crippen LogP contribution in [0.1, 0.15) is 38.3 Å². The van der Waals surface area contributed by atoms with E-state index in [1.54, 1.807) is 4.57 Å². The maximum absolute atomic E-state index is 11.6. The number of nitrogens with zero attached hydrogens (tertiary/aromatic N) is 1. The average molecular weight is 234 g/mol. The molecule has 0 spiro atoms. The van der Waals surface area contributed by atoms with Gasteiger partial charge in [-0.2, -0.15) is 0 Å². The highest BCUT2D eigenvalue weighted by molar-refractivity contribution is 5.73. The molecule has 2 aromatic rings. The first kappa shape index (κ1) is 11.9. The maximum Gasteiger partial charge on any atom is 0.419 e. The lowest BCUT2D eigenvalue weighted by Crippen LogP contribution is -2.13. The molecule has 92 valence electrons. The Bertz CT molecular complexity index is 568. The molecule has 1 unspecified atom stereocenters. The predicted octanol–water partition coefficient (Wildman–Crippen LogP) is 2.41. The van der Waals surface area contributed by atoms with E-state index in [1.807, 2.05) is 32.0 Å². The maximum atomic E-state index is 11.6. The van der Waals surface area contributed by atoms with Gasteiger partial charge >= 0.3 is 5.76 Å². The Morgan fingerprint density at radius 2 is 2.18 bits per heavy atom. The van der Waals surface area contributed by atoms with Crippen molar-refractivity contribution in [1.29, 1.82) is 0 Å². The Labute approximate surface area is 100 Å². The van der Waals surface area contributed by atoms with Crippen LogP contribution in [0.5, 0.6) is 0 Å². The van der Waals surface area contributed by atoms with Crippen molar-refractivity contribution in [3.05, 3.63) is 34.3 Å². The smallest absolute Gasteiger partial charge is 0.408 e. The van der Waals surface area contributed by atoms with E-state index < -0.39 is 0 Å². The molecule has 0 aliphatic heterocycles. The molecule has 1 heterocycles. The summed E-state index contributed by atoms with van der Waals surface area (Å²) in [4.78, 5) is 11.6. The molecule has 0 fully saturated rings. The van der Waals surface area contributed by atoms with Gasteiger partial charge in [-0.3, -0.25) is 4.57 Å². The number of hydrogen-bond donors (Lipinski definition) is 1. The first-order valence-corrected chi connectivity index (χ1v) is 6.06. The van der Waals surface area contributed by atoms with Crippen LogP contribution in [0.2, 0.25) is 0 Å². The zero-order valence-corrected chi connectivity index (χ0v) is 10.3. The highest BCUT2D eigenvalue weighted by Crippen LogP contribution is 2.20. The van der Waals surface area contributed by atoms with Crippen LogP contribution in [-0.4, -0.2) is 4.57 Å². The molecule has 4 heteroatoms. The number of rotatable bonds is 4. The number of aromatic nitrogens is 1. The molecule has 4 nitrogen and oxygen atoms in total. The standard InChI is InChI=1S/C13H18N2O2/c1-3-7-15-11-6-5-9(10(14)4-2)8-12(11)17-13(15)16/h5-6,8,10H,3-4,7,14H2,1-2H3. The number of hydrogen-bond acceptors (Lipinski definition) is 3. The van der Waals surface area contributed by atoms with Gasteiger partial charge in [0.25, 0.3) is 0 Å². The second-order valence-electron chi connectivity index (χ2n) is 4.26. The summed E-state index contributed by atoms with van der Waals surface area (Å²) < 4.78 is 6.90. The Morgan fingerprint density at radius 3 is 2.82 bits per heavy atom. The Balaban J connectivity index is 2.53. The lowest BCUT2D eigenvalue weighted by molar-refractivity contribution is 0.502. The van der Waals surface area contributed by atoms with E-state index in [0.29, 0.717) is 12.1 Å². The highest BCUT2D eigenvalue weighted by atomic mass is 16.4. The zero-order valence-electron chi connectivity index (χ0n) is 10.3. The molecule has 0 aliphatic carbocycles. The van der Waals surface area contributed by atoms with Crippen molar-refractivity contribution < 1.29 is 4.42 Å². The van der Waals surface area contributed by atoms with Gasteiger partial charge in [0.1, 0.15) is 0 Å². The summed E-state index contributed by atoms with van der Waals surface area (Å²) in [5, 5.41) is 0. The van der Waals surface area contributed by atoms with Gasteiger partial charge in [0.05, 0.1) is 5.52 Å². The second-order valence-corrected chi connectivity index (χ2v) is 4.26. The first-order valence-electron chi connectivity index (χ1n) is 6.06. The third-order valence-corrected chi connectivity index (χ3v) is 3.01. The molecule has 2 rings (SSSR count). The Hall–Kier alpha value is -1.55. The Morgan fingerprint density at radius 1 is 1.41 bits per heavy atom. The normalized spacial score (nSPS) is 13.1. The molecule has 0 amide bonds. The van der Waals surface area contributed by atoms with Crippen LogP contribution in [0.3, 0.4) is 0 Å². The summed E-state index contributed by atoms with van der Waals surface area (Å²) in [7, 11) is 0. The fraction of sp³-hybridized carbons (Fsp3) is 0.462. The molecular formula is C13H18N2O2. The summed E-state index contributed by atoms with van der Waals surface area (Å²) in [6.07, 6.45) is 1.77. The zero-order chi connectivity index (χ0) is 12.4. The van der Waals surface area contributed by atoms with Crippen molar-refractivity contribution in [2.24, 2.45) is 5.73 Å². The summed E-state index contributed by atoms with van der Waals surface area (Å²) in [6, 6.07) is 5.76. The molecule has 1 aromatic carbocycles. The van der Waals surface area contributed by atoms with Crippen LogP contribution in [-0.2, 0) is 6.54 Å². The van der Waals surface area contributed by atoms with E-state index in [0.717, 1.165) is 23.9 Å². The SMILES string of the molecule is CCCn1c(=O)oc2cc(C(N)CC)ccc21. The van der Waals surface area contributed by atoms with E-state index in [1.165, 1.54) is 0 Å². The molecule has 0 saturated heterocycles. The van der Waals surface area contributed by atoms with Gasteiger partial charge in [0.15, 0.2) is 5.58 Å². The number of benzene rings is 1. The quantitative estimate of drug-likeness (QED) is 0.883. The summed E-state index contributed by atoms with van der Waals surface area (Å²) in [6.45, 7) is 4.75. The van der Waals surface area contributed by atoms with Gasteiger partial charge in [-0.1, -0.05) is 19.9 Å². The van der Waals surface area contributed by atoms with Crippen LogP contribution in [0, 0.1) is 0 Å². The number of oxazole rings is 1. The Kier molecular flexibility index (Phi) is 3.33. The fourth-order valence-corrected chi connectivity index (χ4v) is 1.98. The summed E-state index contributed by atoms with van der Waals surface area (Å²) in [5.74, 6) is -0.288. The first-order chi connectivity index (χ1) is 8.17. The summed E-state index contributed by atoms with van der Waals surface area (Å²) >= 11 is 0. The molecule has 1 atom stereocenters. The van der Waals surface area contributed by atoms with Crippen molar-refractivity contribution >= 4 is 11.1 Å². The lowest BCUT2D eigenvalue weighted by atomic mass is 10.1. The van der Waals surface area contributed by atoms with Gasteiger partial charge in [0.2, 0.25) is 0 Å². The molecule has 0 aliphatic rings. The van der Waals surface area contributed by atoms with Crippen LogP contribution < -0.4 is 11.5 Å². The van der Waals surface area contributed by atoms with Gasteiger partial charge in [-0.15, -0.1) is 0 Å². The topological polar surface area (TPSA) is 61.2 Å². The van der Waals surface area contributed by atoms with E-state index in [4.69, 9.17) is 10.2 Å². The van der Waals surface area contributed by atoms with Gasteiger partial charge in [0, 0.05) is 12.6 Å². The highest BCUT2D eigenvalue weighted by Gasteiger charge is 2.11. The summed E-state index contributed by atoms with van der Waals surface area (Å²) in [5.41, 5.74) is 8.45. The van der Waals surface area contributed by atoms with E-state index in [9.17, 15) is 4.79 Å². The third kappa shape index (κ3) is 2.13. The molecule has 0 bridgehead atoms. The van der Waals surface area contributed by atoms with E-state index >= 15 is 0 Å². The van der Waals surface area contributed by atoms with Gasteiger partial charge in [-0.25, -0.2) is 4.79 Å². The largest absolute Gasteiger partial charge is 0.419 e. The lowest BCUT2D eigenvalue weighted by Gasteiger charge is -2.08. The number of nitrogens with two attached hydrogens (primary N) is 1. The molecule has 2 N–H and O–H groups in total. The van der Waals surface area contributed by atoms with Gasteiger partial charge in [-0.05, 0) is 30.5 Å². The molecule has 17 heavy (non-hydrogen) atoms. The van der Waals surface area contributed by atoms with Crippen LogP contribution in [0.25, 0.3) is 11.1 Å². The van der Waals surface area contributed by atoms with Crippen molar-refractivity contribution in [2.45, 2.75) is 39.3 Å². The van der Waals surface area contributed by atoms with Crippen LogP contribution >= 0.6 is 0 Å². The molecule has 1 aromatic heterocycles. The van der Waals surface area contributed by atoms with Crippen molar-refractivity contribution in [3.63, 3.8) is 0 Å². The van der Waals surface area contributed by atoms with Gasteiger partial charge < -0.3 is 10.2 Å². The second kappa shape index (κ2) is 4.75. The molecular weight excluding hydrogens is 216 g/mol. The minimum atomic E-state index is -0.288. The van der Waals surface area contributed by atoms with Crippen LogP contribution in [0.4, 0.5) is 0 Å². The average Bonchev–Trinajstić information content (AvgIpc) is 2.64. The molecule has 0 saturated carbocycles. The van der Waals surface area contributed by atoms with Crippen molar-refractivity contribution in [3.8, 4) is 0 Å². The third-order valence-electron chi connectivity index (χ3n) is 3.01. The minimum absolute atomic E-state index is 0.000716. The fourth-order valence-electron chi connectivity index (χ4n) is 1.98. The van der Waals surface area contributed by atoms with Crippen molar-refractivity contribution in [2.75, 3.05) is 0 Å².